The maximum atomic E-state index is 11.3. The molecule has 1 atom stereocenters. The molecule has 2 nitrogen and oxygen atoms in total. The monoisotopic (exact) mass is 252 g/mol. The van der Waals surface area contributed by atoms with Crippen molar-refractivity contribution in [2.24, 2.45) is 11.3 Å². The Labute approximate surface area is 107 Å². The van der Waals surface area contributed by atoms with Crippen molar-refractivity contribution in [3.8, 4) is 0 Å². The average molecular weight is 252 g/mol. The molecule has 0 aliphatic carbocycles. The summed E-state index contributed by atoms with van der Waals surface area (Å²) in [4.78, 5) is 12.5. The van der Waals surface area contributed by atoms with E-state index in [4.69, 9.17) is 0 Å². The van der Waals surface area contributed by atoms with Crippen molar-refractivity contribution in [2.45, 2.75) is 32.1 Å². The molecule has 0 spiro atoms. The van der Waals surface area contributed by atoms with Crippen molar-refractivity contribution in [2.75, 3.05) is 5.75 Å². The van der Waals surface area contributed by atoms with Crippen LogP contribution in [-0.2, 0) is 4.79 Å². The van der Waals surface area contributed by atoms with E-state index in [-0.39, 0.29) is 5.92 Å². The Morgan fingerprint density at radius 1 is 1.35 bits per heavy atom. The lowest BCUT2D eigenvalue weighted by Crippen LogP contribution is -2.33. The first-order valence-electron chi connectivity index (χ1n) is 5.88. The molecule has 1 aromatic carbocycles. The van der Waals surface area contributed by atoms with Gasteiger partial charge in [-0.1, -0.05) is 32.0 Å². The Kier molecular flexibility index (Phi) is 5.06. The molecule has 1 unspecified atom stereocenters. The summed E-state index contributed by atoms with van der Waals surface area (Å²) in [5.74, 6) is 0.294. The second-order valence-corrected chi connectivity index (χ2v) is 5.96. The molecule has 0 heterocycles. The van der Waals surface area contributed by atoms with E-state index in [0.29, 0.717) is 6.42 Å². The second-order valence-electron chi connectivity index (χ2n) is 4.79. The lowest BCUT2D eigenvalue weighted by molar-refractivity contribution is -0.150. The molecule has 0 aromatic heterocycles. The van der Waals surface area contributed by atoms with Crippen molar-refractivity contribution in [3.05, 3.63) is 30.3 Å². The molecule has 0 amide bonds. The third kappa shape index (κ3) is 3.77. The van der Waals surface area contributed by atoms with E-state index in [0.717, 1.165) is 5.75 Å². The highest BCUT2D eigenvalue weighted by Gasteiger charge is 2.35. The van der Waals surface area contributed by atoms with E-state index in [9.17, 15) is 9.90 Å². The molecular weight excluding hydrogens is 232 g/mol. The number of carbonyl (C=O) groups is 1. The molecule has 3 heteroatoms. The molecule has 0 bridgehead atoms. The molecule has 94 valence electrons. The largest absolute Gasteiger partial charge is 0.481 e. The van der Waals surface area contributed by atoms with Gasteiger partial charge in [-0.25, -0.2) is 0 Å². The number of benzene rings is 1. The van der Waals surface area contributed by atoms with Crippen LogP contribution in [-0.4, -0.2) is 16.8 Å². The van der Waals surface area contributed by atoms with Gasteiger partial charge < -0.3 is 5.11 Å². The molecule has 0 saturated heterocycles. The minimum Gasteiger partial charge on any atom is -0.481 e. The van der Waals surface area contributed by atoms with Crippen LogP contribution in [0.15, 0.2) is 35.2 Å². The molecule has 0 saturated carbocycles. The van der Waals surface area contributed by atoms with Gasteiger partial charge in [-0.15, -0.1) is 11.8 Å². The third-order valence-electron chi connectivity index (χ3n) is 3.40. The van der Waals surface area contributed by atoms with Gasteiger partial charge in [0.1, 0.15) is 0 Å². The predicted octanol–water partition coefficient (Wildman–Crippen LogP) is 3.92. The fraction of sp³-hybridized carbons (Fsp3) is 0.500. The number of carboxylic acids is 1. The third-order valence-corrected chi connectivity index (χ3v) is 4.41. The first-order valence-corrected chi connectivity index (χ1v) is 6.86. The fourth-order valence-electron chi connectivity index (χ4n) is 1.54. The summed E-state index contributed by atoms with van der Waals surface area (Å²) in [7, 11) is 0. The number of carboxylic acid groups (broad SMARTS) is 1. The van der Waals surface area contributed by atoms with E-state index in [1.165, 1.54) is 4.90 Å². The fourth-order valence-corrected chi connectivity index (χ4v) is 2.65. The number of aliphatic carboxylic acids is 1. The van der Waals surface area contributed by atoms with Crippen LogP contribution < -0.4 is 0 Å². The summed E-state index contributed by atoms with van der Waals surface area (Å²) in [5.41, 5.74) is -0.623. The van der Waals surface area contributed by atoms with Crippen LogP contribution in [0.5, 0.6) is 0 Å². The van der Waals surface area contributed by atoms with E-state index >= 15 is 0 Å². The Morgan fingerprint density at radius 3 is 2.41 bits per heavy atom. The Balaban J connectivity index is 2.52. The van der Waals surface area contributed by atoms with Crippen LogP contribution in [0.3, 0.4) is 0 Å². The van der Waals surface area contributed by atoms with Crippen molar-refractivity contribution in [3.63, 3.8) is 0 Å². The minimum absolute atomic E-state index is 0.149. The van der Waals surface area contributed by atoms with Crippen molar-refractivity contribution >= 4 is 17.7 Å². The van der Waals surface area contributed by atoms with Gasteiger partial charge in [0.25, 0.3) is 0 Å². The first kappa shape index (κ1) is 14.1. The lowest BCUT2D eigenvalue weighted by atomic mass is 9.77. The van der Waals surface area contributed by atoms with Gasteiger partial charge in [0.2, 0.25) is 0 Å². The Hall–Kier alpha value is -0.960. The van der Waals surface area contributed by atoms with Crippen molar-refractivity contribution in [1.29, 1.82) is 0 Å². The number of hydrogen-bond acceptors (Lipinski definition) is 2. The zero-order valence-corrected chi connectivity index (χ0v) is 11.5. The van der Waals surface area contributed by atoms with Crippen molar-refractivity contribution < 1.29 is 9.90 Å². The van der Waals surface area contributed by atoms with Crippen LogP contribution in [0.2, 0.25) is 0 Å². The highest BCUT2D eigenvalue weighted by atomic mass is 32.2. The molecule has 0 radical (unpaired) electrons. The number of rotatable bonds is 6. The van der Waals surface area contributed by atoms with Gasteiger partial charge in [-0.3, -0.25) is 4.79 Å². The average Bonchev–Trinajstić information content (AvgIpc) is 2.29. The molecular formula is C14H20O2S. The molecule has 1 aromatic rings. The van der Waals surface area contributed by atoms with Gasteiger partial charge in [-0.2, -0.15) is 0 Å². The highest BCUT2D eigenvalue weighted by molar-refractivity contribution is 7.99. The molecule has 0 aliphatic heterocycles. The first-order chi connectivity index (χ1) is 7.97. The summed E-state index contributed by atoms with van der Waals surface area (Å²) in [6.45, 7) is 5.79. The second kappa shape index (κ2) is 6.10. The zero-order valence-electron chi connectivity index (χ0n) is 10.6. The smallest absolute Gasteiger partial charge is 0.309 e. The van der Waals surface area contributed by atoms with Crippen LogP contribution >= 0.6 is 11.8 Å². The highest BCUT2D eigenvalue weighted by Crippen LogP contribution is 2.33. The van der Waals surface area contributed by atoms with Crippen LogP contribution in [0, 0.1) is 11.3 Å². The predicted molar refractivity (Wildman–Crippen MR) is 72.4 cm³/mol. The minimum atomic E-state index is -0.693. The van der Waals surface area contributed by atoms with E-state index in [1.54, 1.807) is 11.8 Å². The quantitative estimate of drug-likeness (QED) is 0.780. The van der Waals surface area contributed by atoms with Gasteiger partial charge in [0.15, 0.2) is 0 Å². The standard InChI is InChI=1S/C14H20O2S/c1-11(2)14(3,13(15)16)9-10-17-12-7-5-4-6-8-12/h4-8,11H,9-10H2,1-3H3,(H,15,16). The number of thioether (sulfide) groups is 1. The summed E-state index contributed by atoms with van der Waals surface area (Å²) in [6.07, 6.45) is 0.694. The topological polar surface area (TPSA) is 37.3 Å². The zero-order chi connectivity index (χ0) is 12.9. The normalized spacial score (nSPS) is 14.6. The summed E-state index contributed by atoms with van der Waals surface area (Å²) in [6, 6.07) is 10.1. The van der Waals surface area contributed by atoms with Gasteiger partial charge >= 0.3 is 5.97 Å². The SMILES string of the molecule is CC(C)C(C)(CCSc1ccccc1)C(=O)O. The maximum absolute atomic E-state index is 11.3. The lowest BCUT2D eigenvalue weighted by Gasteiger charge is -2.28. The Bertz CT molecular complexity index is 362. The number of hydrogen-bond donors (Lipinski definition) is 1. The maximum Gasteiger partial charge on any atom is 0.309 e. The van der Waals surface area contributed by atoms with Gasteiger partial charge in [0.05, 0.1) is 5.41 Å². The Morgan fingerprint density at radius 2 is 1.94 bits per heavy atom. The van der Waals surface area contributed by atoms with Crippen LogP contribution in [0.1, 0.15) is 27.2 Å². The molecule has 0 aliphatic rings. The summed E-state index contributed by atoms with van der Waals surface area (Å²) >= 11 is 1.72. The van der Waals surface area contributed by atoms with Gasteiger partial charge in [0, 0.05) is 4.90 Å². The van der Waals surface area contributed by atoms with E-state index in [1.807, 2.05) is 39.0 Å². The molecule has 17 heavy (non-hydrogen) atoms. The van der Waals surface area contributed by atoms with Crippen LogP contribution in [0.25, 0.3) is 0 Å². The van der Waals surface area contributed by atoms with Crippen molar-refractivity contribution in [1.82, 2.24) is 0 Å². The summed E-state index contributed by atoms with van der Waals surface area (Å²) < 4.78 is 0. The molecule has 0 fully saturated rings. The molecule has 1 N–H and O–H groups in total. The molecule has 1 rings (SSSR count). The van der Waals surface area contributed by atoms with Gasteiger partial charge in [-0.05, 0) is 37.1 Å². The van der Waals surface area contributed by atoms with E-state index in [2.05, 4.69) is 12.1 Å². The summed E-state index contributed by atoms with van der Waals surface area (Å²) in [5, 5.41) is 9.29. The van der Waals surface area contributed by atoms with E-state index < -0.39 is 11.4 Å². The van der Waals surface area contributed by atoms with Crippen LogP contribution in [0.4, 0.5) is 0 Å².